The van der Waals surface area contributed by atoms with E-state index in [9.17, 15) is 9.18 Å². The zero-order valence-electron chi connectivity index (χ0n) is 14.2. The fourth-order valence-electron chi connectivity index (χ4n) is 2.38. The van der Waals surface area contributed by atoms with Crippen molar-refractivity contribution in [1.82, 2.24) is 20.0 Å². The number of anilines is 1. The molecule has 0 saturated heterocycles. The quantitative estimate of drug-likeness (QED) is 0.755. The van der Waals surface area contributed by atoms with Gasteiger partial charge in [0.2, 0.25) is 5.13 Å². The van der Waals surface area contributed by atoms with Crippen molar-refractivity contribution in [3.8, 4) is 5.69 Å². The Kier molecular flexibility index (Phi) is 4.89. The van der Waals surface area contributed by atoms with Crippen LogP contribution in [0.3, 0.4) is 0 Å². The van der Waals surface area contributed by atoms with Gasteiger partial charge in [-0.3, -0.25) is 10.1 Å². The zero-order chi connectivity index (χ0) is 18.0. The molecule has 0 fully saturated rings. The SMILES string of the molecule is Cc1c(C(=O)Nc2nnc(CC(C)C)s2)cnn1-c1ccc(F)cc1. The summed E-state index contributed by atoms with van der Waals surface area (Å²) in [6.45, 7) is 6.00. The highest BCUT2D eigenvalue weighted by molar-refractivity contribution is 7.15. The second-order valence-electron chi connectivity index (χ2n) is 6.08. The van der Waals surface area contributed by atoms with Crippen molar-refractivity contribution in [2.24, 2.45) is 5.92 Å². The molecule has 0 aliphatic carbocycles. The summed E-state index contributed by atoms with van der Waals surface area (Å²) in [5, 5.41) is 16.4. The van der Waals surface area contributed by atoms with Crippen LogP contribution in [0.25, 0.3) is 5.69 Å². The number of aromatic nitrogens is 4. The van der Waals surface area contributed by atoms with E-state index in [0.29, 0.717) is 28.0 Å². The molecule has 0 aliphatic heterocycles. The molecule has 2 aromatic heterocycles. The molecule has 0 aliphatic rings. The summed E-state index contributed by atoms with van der Waals surface area (Å²) in [6, 6.07) is 5.93. The highest BCUT2D eigenvalue weighted by atomic mass is 32.1. The van der Waals surface area contributed by atoms with Crippen LogP contribution in [0.5, 0.6) is 0 Å². The first-order chi connectivity index (χ1) is 11.9. The summed E-state index contributed by atoms with van der Waals surface area (Å²) < 4.78 is 14.7. The average molecular weight is 359 g/mol. The number of halogens is 1. The van der Waals surface area contributed by atoms with E-state index in [4.69, 9.17) is 0 Å². The molecule has 3 aromatic rings. The molecule has 3 rings (SSSR count). The second kappa shape index (κ2) is 7.10. The lowest BCUT2D eigenvalue weighted by Gasteiger charge is -2.05. The van der Waals surface area contributed by atoms with Gasteiger partial charge in [0.1, 0.15) is 10.8 Å². The minimum atomic E-state index is -0.319. The van der Waals surface area contributed by atoms with Gasteiger partial charge in [-0.15, -0.1) is 10.2 Å². The molecular formula is C17H18FN5OS. The fraction of sp³-hybridized carbons (Fsp3) is 0.294. The Morgan fingerprint density at radius 2 is 2.00 bits per heavy atom. The molecule has 0 unspecified atom stereocenters. The number of hydrogen-bond donors (Lipinski definition) is 1. The van der Waals surface area contributed by atoms with Crippen molar-refractivity contribution in [2.75, 3.05) is 5.32 Å². The summed E-state index contributed by atoms with van der Waals surface area (Å²) in [4.78, 5) is 12.5. The van der Waals surface area contributed by atoms with E-state index >= 15 is 0 Å². The van der Waals surface area contributed by atoms with Crippen molar-refractivity contribution >= 4 is 22.4 Å². The molecule has 2 heterocycles. The van der Waals surface area contributed by atoms with Crippen LogP contribution >= 0.6 is 11.3 Å². The van der Waals surface area contributed by atoms with Crippen LogP contribution in [0.1, 0.15) is 34.9 Å². The Morgan fingerprint density at radius 3 is 2.68 bits per heavy atom. The molecular weight excluding hydrogens is 341 g/mol. The number of rotatable bonds is 5. The van der Waals surface area contributed by atoms with Gasteiger partial charge in [0.15, 0.2) is 0 Å². The van der Waals surface area contributed by atoms with Crippen LogP contribution in [0.4, 0.5) is 9.52 Å². The third kappa shape index (κ3) is 3.90. The lowest BCUT2D eigenvalue weighted by molar-refractivity contribution is 0.102. The van der Waals surface area contributed by atoms with Gasteiger partial charge < -0.3 is 0 Å². The molecule has 25 heavy (non-hydrogen) atoms. The number of nitrogens with one attached hydrogen (secondary N) is 1. The Morgan fingerprint density at radius 1 is 1.28 bits per heavy atom. The van der Waals surface area contributed by atoms with E-state index in [1.165, 1.54) is 29.7 Å². The second-order valence-corrected chi connectivity index (χ2v) is 7.15. The van der Waals surface area contributed by atoms with Crippen molar-refractivity contribution in [2.45, 2.75) is 27.2 Å². The van der Waals surface area contributed by atoms with Gasteiger partial charge in [0, 0.05) is 6.42 Å². The van der Waals surface area contributed by atoms with Crippen LogP contribution in [0.15, 0.2) is 30.5 Å². The standard InChI is InChI=1S/C17H18FN5OS/c1-10(2)8-15-21-22-17(25-15)20-16(24)14-9-19-23(11(14)3)13-6-4-12(18)5-7-13/h4-7,9-10H,8H2,1-3H3,(H,20,22,24). The van der Waals surface area contributed by atoms with E-state index < -0.39 is 0 Å². The van der Waals surface area contributed by atoms with Gasteiger partial charge in [-0.1, -0.05) is 25.2 Å². The molecule has 0 bridgehead atoms. The minimum Gasteiger partial charge on any atom is -0.296 e. The summed E-state index contributed by atoms with van der Waals surface area (Å²) in [5.74, 6) is -0.134. The summed E-state index contributed by atoms with van der Waals surface area (Å²) in [5.41, 5.74) is 1.79. The Balaban J connectivity index is 1.77. The maximum absolute atomic E-state index is 13.1. The highest BCUT2D eigenvalue weighted by Crippen LogP contribution is 2.20. The third-order valence-corrected chi connectivity index (χ3v) is 4.46. The molecule has 0 radical (unpaired) electrons. The summed E-state index contributed by atoms with van der Waals surface area (Å²) in [7, 11) is 0. The molecule has 1 N–H and O–H groups in total. The largest absolute Gasteiger partial charge is 0.296 e. The predicted molar refractivity (Wildman–Crippen MR) is 94.7 cm³/mol. The molecule has 1 aromatic carbocycles. The van der Waals surface area contributed by atoms with Gasteiger partial charge in [0.05, 0.1) is 23.1 Å². The number of carbonyl (C=O) groups excluding carboxylic acids is 1. The molecule has 1 amide bonds. The third-order valence-electron chi connectivity index (χ3n) is 3.60. The normalized spacial score (nSPS) is 11.1. The number of carbonyl (C=O) groups is 1. The van der Waals surface area contributed by atoms with E-state index in [2.05, 4.69) is 34.5 Å². The summed E-state index contributed by atoms with van der Waals surface area (Å²) >= 11 is 1.37. The Labute approximate surface area is 148 Å². The topological polar surface area (TPSA) is 72.7 Å². The Hall–Kier alpha value is -2.61. The lowest BCUT2D eigenvalue weighted by Crippen LogP contribution is -2.13. The van der Waals surface area contributed by atoms with Crippen LogP contribution in [-0.4, -0.2) is 25.9 Å². The van der Waals surface area contributed by atoms with Crippen molar-refractivity contribution in [1.29, 1.82) is 0 Å². The molecule has 0 atom stereocenters. The average Bonchev–Trinajstić information content (AvgIpc) is 3.14. The van der Waals surface area contributed by atoms with E-state index in [1.54, 1.807) is 23.7 Å². The van der Waals surface area contributed by atoms with Crippen molar-refractivity contribution < 1.29 is 9.18 Å². The minimum absolute atomic E-state index is 0.293. The molecule has 0 spiro atoms. The number of benzene rings is 1. The predicted octanol–water partition coefficient (Wildman–Crippen LogP) is 3.62. The number of nitrogens with zero attached hydrogens (tertiary/aromatic N) is 4. The van der Waals surface area contributed by atoms with E-state index in [-0.39, 0.29) is 11.7 Å². The van der Waals surface area contributed by atoms with E-state index in [1.807, 2.05) is 0 Å². The number of amides is 1. The van der Waals surface area contributed by atoms with Gasteiger partial charge in [0.25, 0.3) is 5.91 Å². The maximum Gasteiger partial charge on any atom is 0.260 e. The molecule has 0 saturated carbocycles. The molecule has 6 nitrogen and oxygen atoms in total. The van der Waals surface area contributed by atoms with Gasteiger partial charge in [-0.2, -0.15) is 5.10 Å². The van der Waals surface area contributed by atoms with Crippen molar-refractivity contribution in [3.05, 3.63) is 52.5 Å². The smallest absolute Gasteiger partial charge is 0.260 e. The summed E-state index contributed by atoms with van der Waals surface area (Å²) in [6.07, 6.45) is 2.32. The highest BCUT2D eigenvalue weighted by Gasteiger charge is 2.17. The Bertz CT molecular complexity index is 885. The van der Waals surface area contributed by atoms with Gasteiger partial charge >= 0.3 is 0 Å². The first kappa shape index (κ1) is 17.2. The first-order valence-corrected chi connectivity index (χ1v) is 8.70. The van der Waals surface area contributed by atoms with Gasteiger partial charge in [-0.25, -0.2) is 9.07 Å². The number of hydrogen-bond acceptors (Lipinski definition) is 5. The first-order valence-electron chi connectivity index (χ1n) is 7.88. The van der Waals surface area contributed by atoms with Crippen LogP contribution in [-0.2, 0) is 6.42 Å². The van der Waals surface area contributed by atoms with Gasteiger partial charge in [-0.05, 0) is 37.1 Å². The van der Waals surface area contributed by atoms with Crippen LogP contribution in [0, 0.1) is 18.7 Å². The fourth-order valence-corrected chi connectivity index (χ4v) is 3.32. The molecule has 8 heteroatoms. The monoisotopic (exact) mass is 359 g/mol. The van der Waals surface area contributed by atoms with Crippen LogP contribution < -0.4 is 5.32 Å². The van der Waals surface area contributed by atoms with E-state index in [0.717, 1.165) is 11.4 Å². The molecule has 130 valence electrons. The van der Waals surface area contributed by atoms with Crippen molar-refractivity contribution in [3.63, 3.8) is 0 Å². The zero-order valence-corrected chi connectivity index (χ0v) is 15.0. The van der Waals surface area contributed by atoms with Crippen LogP contribution in [0.2, 0.25) is 0 Å². The lowest BCUT2D eigenvalue weighted by atomic mass is 10.1. The maximum atomic E-state index is 13.1.